The van der Waals surface area contributed by atoms with Crippen LogP contribution in [0.2, 0.25) is 0 Å². The first-order chi connectivity index (χ1) is 12.6. The van der Waals surface area contributed by atoms with Gasteiger partial charge in [0.05, 0.1) is 18.2 Å². The van der Waals surface area contributed by atoms with Gasteiger partial charge in [-0.2, -0.15) is 9.78 Å². The van der Waals surface area contributed by atoms with Crippen molar-refractivity contribution < 1.29 is 9.47 Å². The lowest BCUT2D eigenvalue weighted by atomic mass is 10.1. The molecule has 6 nitrogen and oxygen atoms in total. The highest BCUT2D eigenvalue weighted by Crippen LogP contribution is 2.34. The van der Waals surface area contributed by atoms with Gasteiger partial charge in [0.15, 0.2) is 0 Å². The second-order valence-corrected chi connectivity index (χ2v) is 7.12. The first kappa shape index (κ1) is 16.8. The van der Waals surface area contributed by atoms with Crippen molar-refractivity contribution in [2.45, 2.75) is 33.3 Å². The highest BCUT2D eigenvalue weighted by molar-refractivity contribution is 7.16. The van der Waals surface area contributed by atoms with Crippen LogP contribution in [-0.2, 0) is 6.42 Å². The van der Waals surface area contributed by atoms with E-state index in [2.05, 4.69) is 10.1 Å². The number of rotatable bonds is 4. The quantitative estimate of drug-likeness (QED) is 0.662. The molecule has 0 aliphatic carbocycles. The predicted molar refractivity (Wildman–Crippen MR) is 103 cm³/mol. The smallest absolute Gasteiger partial charge is 0.282 e. The number of aryl methyl sites for hydroxylation is 1. The van der Waals surface area contributed by atoms with Crippen LogP contribution in [0.1, 0.15) is 30.8 Å². The number of aromatic nitrogens is 2. The zero-order chi connectivity index (χ0) is 18.3. The van der Waals surface area contributed by atoms with Crippen molar-refractivity contribution >= 4 is 27.8 Å². The van der Waals surface area contributed by atoms with E-state index >= 15 is 0 Å². The molecule has 26 heavy (non-hydrogen) atoms. The number of hydrogen-bond donors (Lipinski definition) is 0. The Kier molecular flexibility index (Phi) is 4.24. The Morgan fingerprint density at radius 2 is 2.35 bits per heavy atom. The maximum absolute atomic E-state index is 12.6. The van der Waals surface area contributed by atoms with Gasteiger partial charge < -0.3 is 9.47 Å². The van der Waals surface area contributed by atoms with Crippen LogP contribution in [0.5, 0.6) is 11.5 Å². The van der Waals surface area contributed by atoms with Gasteiger partial charge in [0.2, 0.25) is 0 Å². The van der Waals surface area contributed by atoms with Gasteiger partial charge in [-0.15, -0.1) is 11.3 Å². The third-order valence-corrected chi connectivity index (χ3v) is 5.08. The Hall–Kier alpha value is -2.67. The Labute approximate surface area is 154 Å². The highest BCUT2D eigenvalue weighted by atomic mass is 32.1. The summed E-state index contributed by atoms with van der Waals surface area (Å²) in [5, 5.41) is 6.82. The van der Waals surface area contributed by atoms with E-state index in [-0.39, 0.29) is 11.7 Å². The second-order valence-electron chi connectivity index (χ2n) is 6.22. The van der Waals surface area contributed by atoms with Gasteiger partial charge in [0.25, 0.3) is 5.56 Å². The van der Waals surface area contributed by atoms with Gasteiger partial charge >= 0.3 is 0 Å². The normalized spacial score (nSPS) is 16.2. The third-order valence-electron chi connectivity index (χ3n) is 4.28. The molecule has 7 heteroatoms. The fraction of sp³-hybridized carbons (Fsp3) is 0.316. The molecular weight excluding hydrogens is 350 g/mol. The molecule has 0 saturated heterocycles. The molecule has 4 rings (SSSR count). The molecule has 0 N–H and O–H groups in total. The zero-order valence-corrected chi connectivity index (χ0v) is 15.7. The van der Waals surface area contributed by atoms with Gasteiger partial charge in [-0.25, -0.2) is 4.98 Å². The largest absolute Gasteiger partial charge is 0.493 e. The number of ether oxygens (including phenoxy) is 2. The maximum Gasteiger partial charge on any atom is 0.282 e. The van der Waals surface area contributed by atoms with Crippen molar-refractivity contribution in [1.82, 2.24) is 9.66 Å². The SMILES string of the molecule is CCOc1cc2c(cc1/C=N\n1c(C)nc3sccc3c1=O)O[C@H](C)C2. The maximum atomic E-state index is 12.6. The summed E-state index contributed by atoms with van der Waals surface area (Å²) in [5.74, 6) is 2.13. The van der Waals surface area contributed by atoms with Crippen LogP contribution in [0.4, 0.5) is 0 Å². The molecule has 2 aromatic heterocycles. The van der Waals surface area contributed by atoms with E-state index in [1.54, 1.807) is 19.2 Å². The van der Waals surface area contributed by atoms with Crippen molar-refractivity contribution in [3.05, 3.63) is 50.9 Å². The Bertz CT molecular complexity index is 1070. The van der Waals surface area contributed by atoms with Crippen LogP contribution >= 0.6 is 11.3 Å². The molecule has 1 aliphatic heterocycles. The summed E-state index contributed by atoms with van der Waals surface area (Å²) in [7, 11) is 0. The van der Waals surface area contributed by atoms with E-state index < -0.39 is 0 Å². The predicted octanol–water partition coefficient (Wildman–Crippen LogP) is 3.37. The summed E-state index contributed by atoms with van der Waals surface area (Å²) in [6.45, 7) is 6.31. The third kappa shape index (κ3) is 2.88. The molecule has 0 saturated carbocycles. The molecular formula is C19H19N3O3S. The summed E-state index contributed by atoms with van der Waals surface area (Å²) in [4.78, 5) is 17.8. The lowest BCUT2D eigenvalue weighted by Crippen LogP contribution is -2.19. The van der Waals surface area contributed by atoms with Crippen LogP contribution in [0.15, 0.2) is 33.5 Å². The monoisotopic (exact) mass is 369 g/mol. The highest BCUT2D eigenvalue weighted by Gasteiger charge is 2.21. The van der Waals surface area contributed by atoms with E-state index in [4.69, 9.17) is 9.47 Å². The van der Waals surface area contributed by atoms with Gasteiger partial charge in [0.1, 0.15) is 28.3 Å². The molecule has 0 bridgehead atoms. The molecule has 3 heterocycles. The molecule has 0 unspecified atom stereocenters. The minimum atomic E-state index is -0.172. The molecule has 134 valence electrons. The average Bonchev–Trinajstić information content (AvgIpc) is 3.20. The lowest BCUT2D eigenvalue weighted by molar-refractivity contribution is 0.254. The van der Waals surface area contributed by atoms with Crippen molar-refractivity contribution in [3.63, 3.8) is 0 Å². The van der Waals surface area contributed by atoms with E-state index in [0.29, 0.717) is 17.8 Å². The Morgan fingerprint density at radius 3 is 3.15 bits per heavy atom. The van der Waals surface area contributed by atoms with Crippen LogP contribution < -0.4 is 15.0 Å². The number of hydrogen-bond acceptors (Lipinski definition) is 6. The summed E-state index contributed by atoms with van der Waals surface area (Å²) >= 11 is 1.45. The molecule has 0 spiro atoms. The number of fused-ring (bicyclic) bond motifs is 2. The van der Waals surface area contributed by atoms with E-state index in [9.17, 15) is 4.79 Å². The standard InChI is InChI=1S/C19H19N3O3S/c1-4-24-16-8-13-7-11(2)25-17(13)9-14(16)10-20-22-12(3)21-18-15(19(22)23)5-6-26-18/h5-6,8-11H,4,7H2,1-3H3/b20-10-/t11-/m1/s1. The fourth-order valence-electron chi connectivity index (χ4n) is 3.10. The van der Waals surface area contributed by atoms with Gasteiger partial charge in [-0.1, -0.05) is 0 Å². The first-order valence-corrected chi connectivity index (χ1v) is 9.42. The second kappa shape index (κ2) is 6.57. The number of thiophene rings is 1. The molecule has 1 atom stereocenters. The zero-order valence-electron chi connectivity index (χ0n) is 14.9. The molecule has 0 fully saturated rings. The topological polar surface area (TPSA) is 65.7 Å². The van der Waals surface area contributed by atoms with E-state index in [0.717, 1.165) is 33.9 Å². The summed E-state index contributed by atoms with van der Waals surface area (Å²) in [6.07, 6.45) is 2.65. The van der Waals surface area contributed by atoms with Crippen LogP contribution in [0.25, 0.3) is 10.2 Å². The molecule has 3 aromatic rings. The minimum Gasteiger partial charge on any atom is -0.493 e. The van der Waals surface area contributed by atoms with Crippen molar-refractivity contribution in [3.8, 4) is 11.5 Å². The summed E-state index contributed by atoms with van der Waals surface area (Å²) < 4.78 is 12.9. The lowest BCUT2D eigenvalue weighted by Gasteiger charge is -2.10. The van der Waals surface area contributed by atoms with Crippen molar-refractivity contribution in [1.29, 1.82) is 0 Å². The van der Waals surface area contributed by atoms with E-state index in [1.165, 1.54) is 16.0 Å². The summed E-state index contributed by atoms with van der Waals surface area (Å²) in [6, 6.07) is 5.70. The van der Waals surface area contributed by atoms with Gasteiger partial charge in [-0.05, 0) is 44.4 Å². The molecule has 1 aromatic carbocycles. The molecule has 0 amide bonds. The van der Waals surface area contributed by atoms with Crippen LogP contribution in [0, 0.1) is 6.92 Å². The van der Waals surface area contributed by atoms with Crippen molar-refractivity contribution in [2.75, 3.05) is 6.61 Å². The Morgan fingerprint density at radius 1 is 1.50 bits per heavy atom. The average molecular weight is 369 g/mol. The Balaban J connectivity index is 1.78. The molecule has 0 radical (unpaired) electrons. The fourth-order valence-corrected chi connectivity index (χ4v) is 3.90. The number of nitrogens with zero attached hydrogens (tertiary/aromatic N) is 3. The first-order valence-electron chi connectivity index (χ1n) is 8.54. The van der Waals surface area contributed by atoms with Crippen LogP contribution in [0.3, 0.4) is 0 Å². The minimum absolute atomic E-state index is 0.154. The summed E-state index contributed by atoms with van der Waals surface area (Å²) in [5.41, 5.74) is 1.73. The van der Waals surface area contributed by atoms with E-state index in [1.807, 2.05) is 31.4 Å². The molecule has 1 aliphatic rings. The van der Waals surface area contributed by atoms with Gasteiger partial charge in [-0.3, -0.25) is 4.79 Å². The van der Waals surface area contributed by atoms with Gasteiger partial charge in [0, 0.05) is 17.5 Å². The van der Waals surface area contributed by atoms with Crippen LogP contribution in [-0.4, -0.2) is 28.6 Å². The number of benzene rings is 1. The van der Waals surface area contributed by atoms with Crippen molar-refractivity contribution in [2.24, 2.45) is 5.10 Å².